The maximum Gasteiger partial charge on any atom is 0.0233 e. The van der Waals surface area contributed by atoms with Crippen LogP contribution in [0.1, 0.15) is 41.7 Å². The van der Waals surface area contributed by atoms with Gasteiger partial charge in [0, 0.05) is 6.54 Å². The van der Waals surface area contributed by atoms with Crippen LogP contribution in [0.2, 0.25) is 0 Å². The molecule has 3 aromatic carbocycles. The van der Waals surface area contributed by atoms with E-state index >= 15 is 0 Å². The van der Waals surface area contributed by atoms with E-state index in [4.69, 9.17) is 0 Å². The summed E-state index contributed by atoms with van der Waals surface area (Å²) >= 11 is 0. The van der Waals surface area contributed by atoms with Gasteiger partial charge in [-0.25, -0.2) is 0 Å². The zero-order chi connectivity index (χ0) is 17.7. The SMILES string of the molecule is CCN(CC)Cc1ccc2c(c1)-c1c(ccc3c1Cc1ccccc1-3)C2. The van der Waals surface area contributed by atoms with Gasteiger partial charge in [0.2, 0.25) is 0 Å². The number of hydrogen-bond acceptors (Lipinski definition) is 1. The summed E-state index contributed by atoms with van der Waals surface area (Å²) in [6, 6.07) is 20.8. The summed E-state index contributed by atoms with van der Waals surface area (Å²) in [7, 11) is 0. The lowest BCUT2D eigenvalue weighted by atomic mass is 9.94. The van der Waals surface area contributed by atoms with Gasteiger partial charge in [-0.05, 0) is 82.1 Å². The molecule has 0 radical (unpaired) electrons. The zero-order valence-electron chi connectivity index (χ0n) is 15.7. The van der Waals surface area contributed by atoms with E-state index in [1.165, 1.54) is 44.5 Å². The van der Waals surface area contributed by atoms with Crippen molar-refractivity contribution in [2.24, 2.45) is 0 Å². The average molecular weight is 339 g/mol. The van der Waals surface area contributed by atoms with Crippen LogP contribution in [0.5, 0.6) is 0 Å². The summed E-state index contributed by atoms with van der Waals surface area (Å²) < 4.78 is 0. The average Bonchev–Trinajstić information content (AvgIpc) is 3.23. The lowest BCUT2D eigenvalue weighted by Crippen LogP contribution is -2.22. The van der Waals surface area contributed by atoms with Crippen molar-refractivity contribution in [3.8, 4) is 22.3 Å². The van der Waals surface area contributed by atoms with E-state index in [0.29, 0.717) is 0 Å². The lowest BCUT2D eigenvalue weighted by molar-refractivity contribution is 0.296. The molecule has 0 aromatic heterocycles. The molecule has 1 nitrogen and oxygen atoms in total. The second-order valence-electron chi connectivity index (χ2n) is 7.59. The molecular weight excluding hydrogens is 314 g/mol. The van der Waals surface area contributed by atoms with E-state index in [9.17, 15) is 0 Å². The number of benzene rings is 3. The van der Waals surface area contributed by atoms with Crippen LogP contribution in [-0.4, -0.2) is 18.0 Å². The summed E-state index contributed by atoms with van der Waals surface area (Å²) in [5, 5.41) is 0. The lowest BCUT2D eigenvalue weighted by Gasteiger charge is -2.18. The molecule has 1 heteroatoms. The van der Waals surface area contributed by atoms with Crippen LogP contribution >= 0.6 is 0 Å². The molecule has 3 aromatic rings. The third kappa shape index (κ3) is 2.34. The Kier molecular flexibility index (Phi) is 3.72. The van der Waals surface area contributed by atoms with Gasteiger partial charge < -0.3 is 0 Å². The molecule has 0 heterocycles. The molecule has 5 rings (SSSR count). The topological polar surface area (TPSA) is 3.24 Å². The van der Waals surface area contributed by atoms with Gasteiger partial charge in [-0.1, -0.05) is 62.4 Å². The monoisotopic (exact) mass is 339 g/mol. The molecule has 2 aliphatic rings. The number of rotatable bonds is 4. The minimum absolute atomic E-state index is 1.05. The zero-order valence-corrected chi connectivity index (χ0v) is 15.7. The highest BCUT2D eigenvalue weighted by Crippen LogP contribution is 2.47. The third-order valence-electron chi connectivity index (χ3n) is 6.20. The summed E-state index contributed by atoms with van der Waals surface area (Å²) in [4.78, 5) is 2.49. The van der Waals surface area contributed by atoms with Crippen LogP contribution < -0.4 is 0 Å². The molecule has 0 amide bonds. The Bertz CT molecular complexity index is 995. The summed E-state index contributed by atoms with van der Waals surface area (Å²) in [5.74, 6) is 0. The number of fused-ring (bicyclic) bond motifs is 7. The second-order valence-corrected chi connectivity index (χ2v) is 7.59. The predicted molar refractivity (Wildman–Crippen MR) is 110 cm³/mol. The first kappa shape index (κ1) is 15.8. The highest BCUT2D eigenvalue weighted by molar-refractivity contribution is 5.89. The van der Waals surface area contributed by atoms with Crippen molar-refractivity contribution in [1.29, 1.82) is 0 Å². The predicted octanol–water partition coefficient (Wildman–Crippen LogP) is 5.67. The molecular formula is C25H25N. The van der Waals surface area contributed by atoms with Crippen molar-refractivity contribution in [3.05, 3.63) is 82.4 Å². The highest BCUT2D eigenvalue weighted by Gasteiger charge is 2.28. The molecule has 0 saturated heterocycles. The van der Waals surface area contributed by atoms with Crippen LogP contribution in [0.3, 0.4) is 0 Å². The molecule has 0 saturated carbocycles. The Morgan fingerprint density at radius 2 is 1.50 bits per heavy atom. The first-order chi connectivity index (χ1) is 12.8. The van der Waals surface area contributed by atoms with Crippen LogP contribution in [0, 0.1) is 0 Å². The smallest absolute Gasteiger partial charge is 0.0233 e. The Hall–Kier alpha value is -2.38. The molecule has 0 spiro atoms. The molecule has 130 valence electrons. The van der Waals surface area contributed by atoms with Gasteiger partial charge in [-0.2, -0.15) is 0 Å². The first-order valence-corrected chi connectivity index (χ1v) is 9.86. The number of hydrogen-bond donors (Lipinski definition) is 0. The molecule has 2 aliphatic carbocycles. The van der Waals surface area contributed by atoms with Gasteiger partial charge >= 0.3 is 0 Å². The van der Waals surface area contributed by atoms with E-state index in [1.54, 1.807) is 5.56 Å². The molecule has 0 aliphatic heterocycles. The Balaban J connectivity index is 1.61. The maximum absolute atomic E-state index is 2.49. The van der Waals surface area contributed by atoms with E-state index < -0.39 is 0 Å². The molecule has 0 fully saturated rings. The van der Waals surface area contributed by atoms with Crippen LogP contribution in [0.4, 0.5) is 0 Å². The van der Waals surface area contributed by atoms with E-state index in [-0.39, 0.29) is 0 Å². The molecule has 26 heavy (non-hydrogen) atoms. The highest BCUT2D eigenvalue weighted by atomic mass is 15.1. The van der Waals surface area contributed by atoms with Crippen molar-refractivity contribution >= 4 is 0 Å². The Morgan fingerprint density at radius 1 is 0.731 bits per heavy atom. The fourth-order valence-electron chi connectivity index (χ4n) is 4.76. The van der Waals surface area contributed by atoms with Crippen molar-refractivity contribution in [1.82, 2.24) is 4.90 Å². The van der Waals surface area contributed by atoms with Gasteiger partial charge in [0.05, 0.1) is 0 Å². The van der Waals surface area contributed by atoms with E-state index in [0.717, 1.165) is 32.5 Å². The van der Waals surface area contributed by atoms with Crippen molar-refractivity contribution in [2.75, 3.05) is 13.1 Å². The van der Waals surface area contributed by atoms with Gasteiger partial charge in [0.15, 0.2) is 0 Å². The number of nitrogens with zero attached hydrogens (tertiary/aromatic N) is 1. The Morgan fingerprint density at radius 3 is 2.35 bits per heavy atom. The summed E-state index contributed by atoms with van der Waals surface area (Å²) in [5.41, 5.74) is 13.3. The fourth-order valence-corrected chi connectivity index (χ4v) is 4.76. The third-order valence-corrected chi connectivity index (χ3v) is 6.20. The van der Waals surface area contributed by atoms with Crippen LogP contribution in [-0.2, 0) is 19.4 Å². The molecule has 0 bridgehead atoms. The van der Waals surface area contributed by atoms with E-state index in [2.05, 4.69) is 73.3 Å². The van der Waals surface area contributed by atoms with Gasteiger partial charge in [-0.3, -0.25) is 4.90 Å². The molecule has 0 unspecified atom stereocenters. The maximum atomic E-state index is 2.49. The fraction of sp³-hybridized carbons (Fsp3) is 0.280. The van der Waals surface area contributed by atoms with Gasteiger partial charge in [0.1, 0.15) is 0 Å². The minimum Gasteiger partial charge on any atom is -0.300 e. The van der Waals surface area contributed by atoms with Crippen molar-refractivity contribution in [2.45, 2.75) is 33.2 Å². The van der Waals surface area contributed by atoms with Crippen molar-refractivity contribution < 1.29 is 0 Å². The largest absolute Gasteiger partial charge is 0.300 e. The van der Waals surface area contributed by atoms with Crippen molar-refractivity contribution in [3.63, 3.8) is 0 Å². The standard InChI is InChI=1S/C25H25N/c1-3-26(4-2)16-17-9-10-19-14-20-11-12-22-21-8-6-5-7-18(21)15-24(22)25(20)23(19)13-17/h5-13H,3-4,14-16H2,1-2H3. The van der Waals surface area contributed by atoms with Crippen LogP contribution in [0.25, 0.3) is 22.3 Å². The summed E-state index contributed by atoms with van der Waals surface area (Å²) in [6.07, 6.45) is 2.16. The minimum atomic E-state index is 1.05. The van der Waals surface area contributed by atoms with Crippen LogP contribution in [0.15, 0.2) is 54.6 Å². The van der Waals surface area contributed by atoms with Gasteiger partial charge in [0.25, 0.3) is 0 Å². The van der Waals surface area contributed by atoms with E-state index in [1.807, 2.05) is 0 Å². The quantitative estimate of drug-likeness (QED) is 0.408. The van der Waals surface area contributed by atoms with Gasteiger partial charge in [-0.15, -0.1) is 0 Å². The molecule has 0 atom stereocenters. The Labute approximate surface area is 156 Å². The molecule has 0 N–H and O–H groups in total. The first-order valence-electron chi connectivity index (χ1n) is 9.86. The second kappa shape index (κ2) is 6.10. The summed E-state index contributed by atoms with van der Waals surface area (Å²) in [6.45, 7) is 7.75. The normalized spacial score (nSPS) is 13.5.